The van der Waals surface area contributed by atoms with E-state index in [1.165, 1.54) is 0 Å². The van der Waals surface area contributed by atoms with Crippen LogP contribution in [0.15, 0.2) is 60.7 Å². The van der Waals surface area contributed by atoms with E-state index in [0.717, 1.165) is 5.56 Å². The van der Waals surface area contributed by atoms with Gasteiger partial charge in [-0.05, 0) is 5.56 Å². The van der Waals surface area contributed by atoms with Crippen molar-refractivity contribution in [3.63, 3.8) is 0 Å². The van der Waals surface area contributed by atoms with Crippen molar-refractivity contribution in [3.8, 4) is 0 Å². The maximum atomic E-state index is 11.8. The molecule has 0 spiro atoms. The number of alkyl carbamates (subject to hydrolysis) is 1. The van der Waals surface area contributed by atoms with Crippen LogP contribution >= 0.6 is 0 Å². The standard InChI is InChI=1S/C20H21NO6/c22-18(17-9-5-2-6-10-17)19(23)26-14-13-25-12-11-21-20(24)27-15-16-7-3-1-4-8-16/h1-10H,11-15H2,(H,21,24). The van der Waals surface area contributed by atoms with E-state index in [-0.39, 0.29) is 38.5 Å². The van der Waals surface area contributed by atoms with Crippen LogP contribution in [0.3, 0.4) is 0 Å². The topological polar surface area (TPSA) is 90.9 Å². The van der Waals surface area contributed by atoms with E-state index in [9.17, 15) is 14.4 Å². The highest BCUT2D eigenvalue weighted by molar-refractivity contribution is 6.40. The van der Waals surface area contributed by atoms with Gasteiger partial charge in [-0.3, -0.25) is 4.79 Å². The number of hydrogen-bond acceptors (Lipinski definition) is 6. The van der Waals surface area contributed by atoms with Crippen molar-refractivity contribution >= 4 is 17.8 Å². The fraction of sp³-hybridized carbons (Fsp3) is 0.250. The first-order valence-corrected chi connectivity index (χ1v) is 8.45. The molecule has 0 saturated heterocycles. The number of nitrogens with one attached hydrogen (secondary N) is 1. The molecule has 0 aliphatic carbocycles. The molecule has 0 aromatic heterocycles. The van der Waals surface area contributed by atoms with Crippen molar-refractivity contribution in [2.24, 2.45) is 0 Å². The Balaban J connectivity index is 1.49. The van der Waals surface area contributed by atoms with Gasteiger partial charge in [-0.15, -0.1) is 0 Å². The van der Waals surface area contributed by atoms with E-state index < -0.39 is 17.8 Å². The van der Waals surface area contributed by atoms with E-state index >= 15 is 0 Å². The predicted octanol–water partition coefficient (Wildman–Crippen LogP) is 2.36. The van der Waals surface area contributed by atoms with Gasteiger partial charge in [0.1, 0.15) is 13.2 Å². The van der Waals surface area contributed by atoms with Crippen molar-refractivity contribution in [2.45, 2.75) is 6.61 Å². The molecule has 0 bridgehead atoms. The molecule has 142 valence electrons. The summed E-state index contributed by atoms with van der Waals surface area (Å²) in [6.07, 6.45) is -0.540. The van der Waals surface area contributed by atoms with Crippen LogP contribution < -0.4 is 5.32 Å². The quantitative estimate of drug-likeness (QED) is 0.298. The number of benzene rings is 2. The first-order chi connectivity index (χ1) is 13.2. The summed E-state index contributed by atoms with van der Waals surface area (Å²) in [6, 6.07) is 17.5. The van der Waals surface area contributed by atoms with Gasteiger partial charge in [-0.2, -0.15) is 0 Å². The molecule has 7 nitrogen and oxygen atoms in total. The maximum Gasteiger partial charge on any atom is 0.407 e. The van der Waals surface area contributed by atoms with E-state index in [4.69, 9.17) is 14.2 Å². The fourth-order valence-electron chi connectivity index (χ4n) is 2.07. The summed E-state index contributed by atoms with van der Waals surface area (Å²) >= 11 is 0. The Hall–Kier alpha value is -3.19. The molecule has 0 aliphatic rings. The summed E-state index contributed by atoms with van der Waals surface area (Å²) in [5, 5.41) is 2.54. The molecule has 0 radical (unpaired) electrons. The lowest BCUT2D eigenvalue weighted by Gasteiger charge is -2.08. The summed E-state index contributed by atoms with van der Waals surface area (Å²) in [6.45, 7) is 0.748. The van der Waals surface area contributed by atoms with Crippen molar-refractivity contribution in [1.29, 1.82) is 0 Å². The van der Waals surface area contributed by atoms with Gasteiger partial charge >= 0.3 is 12.1 Å². The van der Waals surface area contributed by atoms with E-state index in [1.807, 2.05) is 30.3 Å². The Morgan fingerprint density at radius 2 is 1.44 bits per heavy atom. The average molecular weight is 371 g/mol. The van der Waals surface area contributed by atoms with Crippen molar-refractivity contribution in [2.75, 3.05) is 26.4 Å². The van der Waals surface area contributed by atoms with E-state index in [1.54, 1.807) is 30.3 Å². The molecule has 0 fully saturated rings. The van der Waals surface area contributed by atoms with Gasteiger partial charge < -0.3 is 19.5 Å². The molecule has 0 aliphatic heterocycles. The lowest BCUT2D eigenvalue weighted by Crippen LogP contribution is -2.28. The Kier molecular flexibility index (Phi) is 8.52. The zero-order valence-electron chi connectivity index (χ0n) is 14.8. The zero-order valence-corrected chi connectivity index (χ0v) is 14.8. The molecule has 0 unspecified atom stereocenters. The molecule has 0 saturated carbocycles. The third-order valence-corrected chi connectivity index (χ3v) is 3.41. The van der Waals surface area contributed by atoms with Crippen LogP contribution in [-0.4, -0.2) is 44.2 Å². The number of amides is 1. The van der Waals surface area contributed by atoms with Crippen LogP contribution in [0.4, 0.5) is 4.79 Å². The molecule has 2 aromatic rings. The largest absolute Gasteiger partial charge is 0.457 e. The molecular formula is C20H21NO6. The second-order valence-electron chi connectivity index (χ2n) is 5.43. The average Bonchev–Trinajstić information content (AvgIpc) is 2.72. The van der Waals surface area contributed by atoms with Crippen LogP contribution in [0.2, 0.25) is 0 Å². The minimum Gasteiger partial charge on any atom is -0.457 e. The third-order valence-electron chi connectivity index (χ3n) is 3.41. The zero-order chi connectivity index (χ0) is 19.3. The first kappa shape index (κ1) is 20.1. The van der Waals surface area contributed by atoms with E-state index in [2.05, 4.69) is 5.32 Å². The van der Waals surface area contributed by atoms with Gasteiger partial charge in [0.2, 0.25) is 0 Å². The van der Waals surface area contributed by atoms with Crippen LogP contribution in [0.25, 0.3) is 0 Å². The summed E-state index contributed by atoms with van der Waals surface area (Å²) < 4.78 is 15.1. The molecule has 0 heterocycles. The third kappa shape index (κ3) is 7.70. The van der Waals surface area contributed by atoms with Crippen molar-refractivity contribution < 1.29 is 28.6 Å². The van der Waals surface area contributed by atoms with Gasteiger partial charge in [-0.1, -0.05) is 60.7 Å². The van der Waals surface area contributed by atoms with Crippen molar-refractivity contribution in [1.82, 2.24) is 5.32 Å². The highest BCUT2D eigenvalue weighted by Crippen LogP contribution is 2.02. The number of Topliss-reactive ketones (excluding diaryl/α,β-unsaturated/α-hetero) is 1. The Morgan fingerprint density at radius 3 is 2.15 bits per heavy atom. The molecule has 7 heteroatoms. The highest BCUT2D eigenvalue weighted by Gasteiger charge is 2.17. The Bertz CT molecular complexity index is 733. The number of rotatable bonds is 10. The number of ether oxygens (including phenoxy) is 3. The summed E-state index contributed by atoms with van der Waals surface area (Å²) in [5.41, 5.74) is 1.18. The lowest BCUT2D eigenvalue weighted by atomic mass is 10.1. The van der Waals surface area contributed by atoms with Gasteiger partial charge in [0, 0.05) is 12.1 Å². The molecule has 2 rings (SSSR count). The van der Waals surface area contributed by atoms with E-state index in [0.29, 0.717) is 0 Å². The van der Waals surface area contributed by atoms with Crippen LogP contribution in [0, 0.1) is 0 Å². The molecule has 2 aromatic carbocycles. The number of carbonyl (C=O) groups is 3. The summed E-state index contributed by atoms with van der Waals surface area (Å²) in [4.78, 5) is 34.9. The number of esters is 1. The number of ketones is 1. The van der Waals surface area contributed by atoms with Gasteiger partial charge in [-0.25, -0.2) is 9.59 Å². The second kappa shape index (κ2) is 11.4. The smallest absolute Gasteiger partial charge is 0.407 e. The monoisotopic (exact) mass is 371 g/mol. The normalized spacial score (nSPS) is 10.1. The maximum absolute atomic E-state index is 11.8. The van der Waals surface area contributed by atoms with Crippen molar-refractivity contribution in [3.05, 3.63) is 71.8 Å². The predicted molar refractivity (Wildman–Crippen MR) is 97.2 cm³/mol. The minimum atomic E-state index is -0.924. The SMILES string of the molecule is O=C(NCCOCCOC(=O)C(=O)c1ccccc1)OCc1ccccc1. The summed E-state index contributed by atoms with van der Waals surface area (Å²) in [5.74, 6) is -1.62. The van der Waals surface area contributed by atoms with Gasteiger partial charge in [0.05, 0.1) is 13.2 Å². The lowest BCUT2D eigenvalue weighted by molar-refractivity contribution is -0.139. The van der Waals surface area contributed by atoms with Gasteiger partial charge in [0.15, 0.2) is 0 Å². The van der Waals surface area contributed by atoms with Gasteiger partial charge in [0.25, 0.3) is 5.78 Å². The molecule has 27 heavy (non-hydrogen) atoms. The first-order valence-electron chi connectivity index (χ1n) is 8.45. The highest BCUT2D eigenvalue weighted by atomic mass is 16.6. The molecule has 1 N–H and O–H groups in total. The molecular weight excluding hydrogens is 350 g/mol. The molecule has 0 atom stereocenters. The van der Waals surface area contributed by atoms with Crippen LogP contribution in [0.1, 0.15) is 15.9 Å². The molecule has 1 amide bonds. The fourth-order valence-corrected chi connectivity index (χ4v) is 2.07. The van der Waals surface area contributed by atoms with Crippen LogP contribution in [-0.2, 0) is 25.6 Å². The van der Waals surface area contributed by atoms with Crippen LogP contribution in [0.5, 0.6) is 0 Å². The Morgan fingerprint density at radius 1 is 0.778 bits per heavy atom. The Labute approximate surface area is 157 Å². The number of hydrogen-bond donors (Lipinski definition) is 1. The second-order valence-corrected chi connectivity index (χ2v) is 5.43. The minimum absolute atomic E-state index is 0.0458. The number of carbonyl (C=O) groups excluding carboxylic acids is 3. The summed E-state index contributed by atoms with van der Waals surface area (Å²) in [7, 11) is 0.